The van der Waals surface area contributed by atoms with Crippen LogP contribution in [0.1, 0.15) is 64.1 Å². The molecular weight excluding hydrogens is 296 g/mol. The second-order valence-electron chi connectivity index (χ2n) is 6.99. The van der Waals surface area contributed by atoms with Gasteiger partial charge in [0.2, 0.25) is 5.91 Å². The average molecular weight is 322 g/mol. The molecule has 122 valence electrons. The quantitative estimate of drug-likeness (QED) is 0.869. The topological polar surface area (TPSA) is 53.9 Å². The Morgan fingerprint density at radius 1 is 1.41 bits per heavy atom. The Kier molecular flexibility index (Phi) is 4.39. The van der Waals surface area contributed by atoms with Gasteiger partial charge in [-0.2, -0.15) is 5.10 Å². The van der Waals surface area contributed by atoms with Crippen LogP contribution in [-0.2, 0) is 11.3 Å². The van der Waals surface area contributed by atoms with Crippen LogP contribution >= 0.6 is 12.2 Å². The molecule has 1 saturated heterocycles. The van der Waals surface area contributed by atoms with Gasteiger partial charge in [-0.25, -0.2) is 0 Å². The van der Waals surface area contributed by atoms with Gasteiger partial charge in [0.1, 0.15) is 5.82 Å². The highest BCUT2D eigenvalue weighted by Gasteiger charge is 2.40. The smallest absolute Gasteiger partial charge is 0.228 e. The molecule has 1 N–H and O–H groups in total. The molecule has 0 aromatic carbocycles. The number of nitrogens with one attached hydrogen (secondary N) is 1. The van der Waals surface area contributed by atoms with E-state index in [2.05, 4.69) is 33.5 Å². The average Bonchev–Trinajstić information content (AvgIpc) is 3.13. The van der Waals surface area contributed by atoms with Gasteiger partial charge in [-0.15, -0.1) is 0 Å². The molecule has 22 heavy (non-hydrogen) atoms. The number of rotatable bonds is 3. The number of amides is 1. The predicted molar refractivity (Wildman–Crippen MR) is 88.2 cm³/mol. The molecule has 1 atom stereocenters. The molecule has 1 aliphatic heterocycles. The molecule has 2 fully saturated rings. The Labute approximate surface area is 137 Å². The fourth-order valence-electron chi connectivity index (χ4n) is 4.07. The van der Waals surface area contributed by atoms with E-state index in [4.69, 9.17) is 12.2 Å². The van der Waals surface area contributed by atoms with E-state index in [1.54, 1.807) is 0 Å². The van der Waals surface area contributed by atoms with Crippen LogP contribution in [-0.4, -0.2) is 38.7 Å². The number of carbonyl (C=O) groups excluding carboxylic acids is 1. The summed E-state index contributed by atoms with van der Waals surface area (Å²) in [6.07, 6.45) is 6.60. The molecule has 1 amide bonds. The van der Waals surface area contributed by atoms with Crippen LogP contribution in [0.25, 0.3) is 0 Å². The fraction of sp³-hybridized carbons (Fsp3) is 0.812. The minimum absolute atomic E-state index is 0.128. The first-order valence-corrected chi connectivity index (χ1v) is 8.90. The van der Waals surface area contributed by atoms with Crippen molar-refractivity contribution in [2.24, 2.45) is 5.41 Å². The van der Waals surface area contributed by atoms with Crippen molar-refractivity contribution >= 4 is 18.1 Å². The van der Waals surface area contributed by atoms with Crippen molar-refractivity contribution in [3.63, 3.8) is 0 Å². The van der Waals surface area contributed by atoms with Gasteiger partial charge in [-0.3, -0.25) is 9.89 Å². The highest BCUT2D eigenvalue weighted by Crippen LogP contribution is 2.40. The van der Waals surface area contributed by atoms with Gasteiger partial charge >= 0.3 is 0 Å². The number of H-pyrrole nitrogens is 1. The Morgan fingerprint density at radius 2 is 2.14 bits per heavy atom. The van der Waals surface area contributed by atoms with E-state index in [-0.39, 0.29) is 5.41 Å². The van der Waals surface area contributed by atoms with Gasteiger partial charge in [0.05, 0.1) is 0 Å². The largest absolute Gasteiger partial charge is 0.341 e. The molecule has 0 spiro atoms. The van der Waals surface area contributed by atoms with Crippen LogP contribution in [0.5, 0.6) is 0 Å². The first-order chi connectivity index (χ1) is 10.5. The molecule has 2 aliphatic rings. The maximum absolute atomic E-state index is 12.9. The second-order valence-corrected chi connectivity index (χ2v) is 7.38. The predicted octanol–water partition coefficient (Wildman–Crippen LogP) is 3.25. The van der Waals surface area contributed by atoms with E-state index in [9.17, 15) is 4.79 Å². The van der Waals surface area contributed by atoms with Crippen LogP contribution in [0.3, 0.4) is 0 Å². The summed E-state index contributed by atoms with van der Waals surface area (Å²) in [5.74, 6) is 1.67. The number of hydrogen-bond acceptors (Lipinski definition) is 3. The Hall–Kier alpha value is -1.17. The van der Waals surface area contributed by atoms with E-state index >= 15 is 0 Å². The molecule has 5 nitrogen and oxygen atoms in total. The minimum Gasteiger partial charge on any atom is -0.341 e. The molecule has 1 saturated carbocycles. The SMILES string of the molecule is CCn1c([C@@H]2CCCN(C(=O)C3(C)CCCC3)C2)n[nH]c1=S. The van der Waals surface area contributed by atoms with Crippen molar-refractivity contribution in [1.29, 1.82) is 0 Å². The van der Waals surface area contributed by atoms with Crippen LogP contribution in [0.2, 0.25) is 0 Å². The summed E-state index contributed by atoms with van der Waals surface area (Å²) in [6, 6.07) is 0. The lowest BCUT2D eigenvalue weighted by molar-refractivity contribution is -0.142. The van der Waals surface area contributed by atoms with Gasteiger partial charge in [0.25, 0.3) is 0 Å². The molecule has 3 rings (SSSR count). The number of hydrogen-bond donors (Lipinski definition) is 1. The van der Waals surface area contributed by atoms with Gasteiger partial charge in [0, 0.05) is 31.0 Å². The summed E-state index contributed by atoms with van der Waals surface area (Å²) in [5, 5.41) is 7.33. The van der Waals surface area contributed by atoms with E-state index in [1.165, 1.54) is 12.8 Å². The van der Waals surface area contributed by atoms with Crippen LogP contribution in [0.15, 0.2) is 0 Å². The highest BCUT2D eigenvalue weighted by molar-refractivity contribution is 7.71. The number of carbonyl (C=O) groups is 1. The van der Waals surface area contributed by atoms with Crippen molar-refractivity contribution < 1.29 is 4.79 Å². The number of piperidine rings is 1. The van der Waals surface area contributed by atoms with Crippen molar-refractivity contribution in [2.75, 3.05) is 13.1 Å². The lowest BCUT2D eigenvalue weighted by Gasteiger charge is -2.37. The van der Waals surface area contributed by atoms with Crippen molar-refractivity contribution in [1.82, 2.24) is 19.7 Å². The zero-order valence-corrected chi connectivity index (χ0v) is 14.4. The van der Waals surface area contributed by atoms with Gasteiger partial charge < -0.3 is 9.47 Å². The summed E-state index contributed by atoms with van der Waals surface area (Å²) < 4.78 is 2.74. The van der Waals surface area contributed by atoms with Crippen molar-refractivity contribution in [3.8, 4) is 0 Å². The molecule has 0 unspecified atom stereocenters. The van der Waals surface area contributed by atoms with Crippen LogP contribution < -0.4 is 0 Å². The summed E-state index contributed by atoms with van der Waals surface area (Å²) in [6.45, 7) is 6.73. The van der Waals surface area contributed by atoms with Gasteiger partial charge in [-0.1, -0.05) is 19.8 Å². The Balaban J connectivity index is 1.77. The maximum Gasteiger partial charge on any atom is 0.228 e. The third kappa shape index (κ3) is 2.73. The van der Waals surface area contributed by atoms with E-state index < -0.39 is 0 Å². The lowest BCUT2D eigenvalue weighted by Crippen LogP contribution is -2.46. The number of likely N-dealkylation sites (tertiary alicyclic amines) is 1. The molecule has 1 aliphatic carbocycles. The third-order valence-corrected chi connectivity index (χ3v) is 5.71. The summed E-state index contributed by atoms with van der Waals surface area (Å²) in [5.41, 5.74) is -0.128. The van der Waals surface area contributed by atoms with Gasteiger partial charge in [0.15, 0.2) is 4.77 Å². The van der Waals surface area contributed by atoms with Crippen molar-refractivity contribution in [3.05, 3.63) is 10.6 Å². The monoisotopic (exact) mass is 322 g/mol. The van der Waals surface area contributed by atoms with E-state index in [1.807, 2.05) is 0 Å². The number of aromatic amines is 1. The third-order valence-electron chi connectivity index (χ3n) is 5.40. The summed E-state index contributed by atoms with van der Waals surface area (Å²) >= 11 is 5.29. The first kappa shape index (κ1) is 15.7. The molecule has 6 heteroatoms. The number of nitrogens with zero attached hydrogens (tertiary/aromatic N) is 3. The number of aromatic nitrogens is 3. The lowest BCUT2D eigenvalue weighted by atomic mass is 9.85. The van der Waals surface area contributed by atoms with E-state index in [0.29, 0.717) is 16.6 Å². The zero-order valence-electron chi connectivity index (χ0n) is 13.6. The Morgan fingerprint density at radius 3 is 2.82 bits per heavy atom. The van der Waals surface area contributed by atoms with Gasteiger partial charge in [-0.05, 0) is 44.8 Å². The summed E-state index contributed by atoms with van der Waals surface area (Å²) in [7, 11) is 0. The van der Waals surface area contributed by atoms with E-state index in [0.717, 1.165) is 51.1 Å². The molecule has 1 aromatic heterocycles. The maximum atomic E-state index is 12.9. The molecule has 0 bridgehead atoms. The molecule has 2 heterocycles. The first-order valence-electron chi connectivity index (χ1n) is 8.49. The molecule has 1 aromatic rings. The highest BCUT2D eigenvalue weighted by atomic mass is 32.1. The van der Waals surface area contributed by atoms with Crippen molar-refractivity contribution in [2.45, 2.75) is 64.8 Å². The Bertz CT molecular complexity index is 600. The fourth-order valence-corrected chi connectivity index (χ4v) is 4.34. The van der Waals surface area contributed by atoms with Crippen LogP contribution in [0.4, 0.5) is 0 Å². The molecular formula is C16H26N4OS. The molecule has 0 radical (unpaired) electrons. The minimum atomic E-state index is -0.128. The zero-order chi connectivity index (χ0) is 15.7. The van der Waals surface area contributed by atoms with Crippen LogP contribution in [0, 0.1) is 10.2 Å². The summed E-state index contributed by atoms with van der Waals surface area (Å²) in [4.78, 5) is 15.0. The second kappa shape index (κ2) is 6.14. The standard InChI is InChI=1S/C16H26N4OS/c1-3-20-13(17-18-15(20)22)12-7-6-10-19(11-12)14(21)16(2)8-4-5-9-16/h12H,3-11H2,1-2H3,(H,18,22)/t12-/m1/s1. The normalized spacial score (nSPS) is 24.6.